The van der Waals surface area contributed by atoms with E-state index >= 15 is 0 Å². The molecular weight excluding hydrogens is 272 g/mol. The molecule has 5 heteroatoms. The smallest absolute Gasteiger partial charge is 0.238 e. The highest BCUT2D eigenvalue weighted by Crippen LogP contribution is 2.25. The maximum atomic E-state index is 12.0. The minimum atomic E-state index is -0.0116. The number of carbonyl (C=O) groups is 1. The lowest BCUT2D eigenvalue weighted by Gasteiger charge is -2.25. The molecule has 2 atom stereocenters. The Balaban J connectivity index is 2.06. The highest BCUT2D eigenvalue weighted by Gasteiger charge is 2.31. The Labute approximate surface area is 124 Å². The van der Waals surface area contributed by atoms with E-state index in [2.05, 4.69) is 18.5 Å². The highest BCUT2D eigenvalue weighted by atomic mass is 32.2. The van der Waals surface area contributed by atoms with Gasteiger partial charge in [0.15, 0.2) is 0 Å². The van der Waals surface area contributed by atoms with Crippen LogP contribution in [0.3, 0.4) is 0 Å². The van der Waals surface area contributed by atoms with Crippen molar-refractivity contribution in [2.24, 2.45) is 0 Å². The monoisotopic (exact) mass is 294 g/mol. The molecule has 1 aliphatic rings. The van der Waals surface area contributed by atoms with Crippen LogP contribution >= 0.6 is 11.8 Å². The van der Waals surface area contributed by atoms with Crippen molar-refractivity contribution in [1.29, 1.82) is 0 Å². The second-order valence-corrected chi connectivity index (χ2v) is 6.25. The average Bonchev–Trinajstić information content (AvgIpc) is 2.86. The van der Waals surface area contributed by atoms with Crippen LogP contribution in [0.1, 0.15) is 25.1 Å². The molecule has 0 bridgehead atoms. The van der Waals surface area contributed by atoms with Gasteiger partial charge in [-0.15, -0.1) is 0 Å². The van der Waals surface area contributed by atoms with Crippen molar-refractivity contribution in [3.05, 3.63) is 29.8 Å². The van der Waals surface area contributed by atoms with Gasteiger partial charge in [-0.05, 0) is 30.4 Å². The number of nitrogens with one attached hydrogen (secondary N) is 1. The minimum absolute atomic E-state index is 0.0116. The maximum absolute atomic E-state index is 12.0. The Kier molecular flexibility index (Phi) is 5.31. The normalized spacial score (nSPS) is 20.2. The summed E-state index contributed by atoms with van der Waals surface area (Å²) in [6.45, 7) is 3.41. The molecule has 0 spiro atoms. The second-order valence-electron chi connectivity index (χ2n) is 4.98. The van der Waals surface area contributed by atoms with Crippen molar-refractivity contribution >= 4 is 17.7 Å². The number of methoxy groups -OCH3 is 1. The topological polar surface area (TPSA) is 41.6 Å². The Bertz CT molecular complexity index is 450. The quantitative estimate of drug-likeness (QED) is 0.874. The zero-order valence-electron chi connectivity index (χ0n) is 12.3. The first-order chi connectivity index (χ1) is 9.65. The van der Waals surface area contributed by atoms with E-state index < -0.39 is 0 Å². The van der Waals surface area contributed by atoms with E-state index in [-0.39, 0.29) is 12.1 Å². The van der Waals surface area contributed by atoms with E-state index in [1.54, 1.807) is 7.11 Å². The van der Waals surface area contributed by atoms with Crippen molar-refractivity contribution < 1.29 is 9.53 Å². The molecule has 1 aromatic rings. The van der Waals surface area contributed by atoms with E-state index in [1.807, 2.05) is 40.9 Å². The number of hydrogen-bond acceptors (Lipinski definition) is 4. The van der Waals surface area contributed by atoms with Gasteiger partial charge < -0.3 is 9.64 Å². The van der Waals surface area contributed by atoms with Crippen LogP contribution in [0.15, 0.2) is 24.3 Å². The number of rotatable bonds is 6. The van der Waals surface area contributed by atoms with Crippen LogP contribution in [0.4, 0.5) is 0 Å². The summed E-state index contributed by atoms with van der Waals surface area (Å²) in [6, 6.07) is 7.89. The predicted molar refractivity (Wildman–Crippen MR) is 83.0 cm³/mol. The second kappa shape index (κ2) is 6.99. The fraction of sp³-hybridized carbons (Fsp3) is 0.533. The lowest BCUT2D eigenvalue weighted by Crippen LogP contribution is -2.32. The van der Waals surface area contributed by atoms with E-state index in [1.165, 1.54) is 0 Å². The van der Waals surface area contributed by atoms with Crippen LogP contribution in [-0.2, 0) is 4.79 Å². The standard InChI is InChI=1S/C15H22N2O2S/c1-11(20-3)8-9-17-14(18)10-16-15(17)12-4-6-13(19-2)7-5-12/h4-7,11,15-16H,8-10H2,1-3H3. The molecule has 2 rings (SSSR count). The first-order valence-electron chi connectivity index (χ1n) is 6.85. The van der Waals surface area contributed by atoms with E-state index in [4.69, 9.17) is 4.74 Å². The number of ether oxygens (including phenoxy) is 1. The molecule has 1 amide bonds. The summed E-state index contributed by atoms with van der Waals surface area (Å²) in [6.07, 6.45) is 3.11. The van der Waals surface area contributed by atoms with Gasteiger partial charge >= 0.3 is 0 Å². The van der Waals surface area contributed by atoms with Crippen LogP contribution in [0.25, 0.3) is 0 Å². The van der Waals surface area contributed by atoms with Gasteiger partial charge in [-0.1, -0.05) is 19.1 Å². The molecule has 1 saturated heterocycles. The number of thioether (sulfide) groups is 1. The first kappa shape index (κ1) is 15.2. The van der Waals surface area contributed by atoms with Crippen LogP contribution in [0.2, 0.25) is 0 Å². The largest absolute Gasteiger partial charge is 0.497 e. The van der Waals surface area contributed by atoms with Gasteiger partial charge in [-0.25, -0.2) is 0 Å². The zero-order valence-corrected chi connectivity index (χ0v) is 13.1. The fourth-order valence-electron chi connectivity index (χ4n) is 2.32. The van der Waals surface area contributed by atoms with E-state index in [0.717, 1.165) is 24.3 Å². The molecule has 1 heterocycles. The molecule has 0 aromatic heterocycles. The molecule has 1 aliphatic heterocycles. The Morgan fingerprint density at radius 3 is 2.75 bits per heavy atom. The summed E-state index contributed by atoms with van der Waals surface area (Å²) in [5, 5.41) is 3.85. The van der Waals surface area contributed by atoms with E-state index in [9.17, 15) is 4.79 Å². The molecule has 20 heavy (non-hydrogen) atoms. The molecule has 2 unspecified atom stereocenters. The summed E-state index contributed by atoms with van der Waals surface area (Å²) >= 11 is 1.84. The maximum Gasteiger partial charge on any atom is 0.238 e. The Morgan fingerprint density at radius 2 is 2.15 bits per heavy atom. The van der Waals surface area contributed by atoms with Crippen molar-refractivity contribution in [1.82, 2.24) is 10.2 Å². The summed E-state index contributed by atoms with van der Waals surface area (Å²) < 4.78 is 5.17. The van der Waals surface area contributed by atoms with Crippen molar-refractivity contribution in [2.45, 2.75) is 24.8 Å². The van der Waals surface area contributed by atoms with Crippen molar-refractivity contribution in [2.75, 3.05) is 26.5 Å². The van der Waals surface area contributed by atoms with Gasteiger partial charge in [0.2, 0.25) is 5.91 Å². The number of benzene rings is 1. The number of carbonyl (C=O) groups excluding carboxylic acids is 1. The third-order valence-electron chi connectivity index (χ3n) is 3.69. The van der Waals surface area contributed by atoms with Crippen LogP contribution in [0.5, 0.6) is 5.75 Å². The Morgan fingerprint density at radius 1 is 1.45 bits per heavy atom. The third kappa shape index (κ3) is 3.46. The predicted octanol–water partition coefficient (Wildman–Crippen LogP) is 2.27. The van der Waals surface area contributed by atoms with Crippen LogP contribution in [-0.4, -0.2) is 42.5 Å². The molecule has 1 fully saturated rings. The molecular formula is C15H22N2O2S. The average molecular weight is 294 g/mol. The number of amides is 1. The highest BCUT2D eigenvalue weighted by molar-refractivity contribution is 7.99. The zero-order chi connectivity index (χ0) is 14.5. The number of hydrogen-bond donors (Lipinski definition) is 1. The van der Waals surface area contributed by atoms with Gasteiger partial charge in [0, 0.05) is 11.8 Å². The molecule has 110 valence electrons. The summed E-state index contributed by atoms with van der Waals surface area (Å²) in [4.78, 5) is 14.0. The summed E-state index contributed by atoms with van der Waals surface area (Å²) in [7, 11) is 1.66. The van der Waals surface area contributed by atoms with Crippen LogP contribution < -0.4 is 10.1 Å². The minimum Gasteiger partial charge on any atom is -0.497 e. The third-order valence-corrected chi connectivity index (χ3v) is 4.73. The molecule has 1 N–H and O–H groups in total. The molecule has 4 nitrogen and oxygen atoms in total. The van der Waals surface area contributed by atoms with Crippen molar-refractivity contribution in [3.8, 4) is 5.75 Å². The van der Waals surface area contributed by atoms with Gasteiger partial charge in [0.05, 0.1) is 13.7 Å². The number of nitrogens with zero attached hydrogens (tertiary/aromatic N) is 1. The van der Waals surface area contributed by atoms with Gasteiger partial charge in [0.1, 0.15) is 11.9 Å². The summed E-state index contributed by atoms with van der Waals surface area (Å²) in [5.41, 5.74) is 1.11. The van der Waals surface area contributed by atoms with Gasteiger partial charge in [0.25, 0.3) is 0 Å². The first-order valence-corrected chi connectivity index (χ1v) is 8.14. The van der Waals surface area contributed by atoms with Crippen LogP contribution in [0, 0.1) is 0 Å². The molecule has 1 aromatic carbocycles. The van der Waals surface area contributed by atoms with Gasteiger partial charge in [-0.2, -0.15) is 11.8 Å². The molecule has 0 aliphatic carbocycles. The van der Waals surface area contributed by atoms with Gasteiger partial charge in [-0.3, -0.25) is 10.1 Å². The lowest BCUT2D eigenvalue weighted by molar-refractivity contribution is -0.128. The van der Waals surface area contributed by atoms with Crippen molar-refractivity contribution in [3.63, 3.8) is 0 Å². The molecule has 0 radical (unpaired) electrons. The molecule has 0 saturated carbocycles. The SMILES string of the molecule is COc1ccc(C2NCC(=O)N2CCC(C)SC)cc1. The summed E-state index contributed by atoms with van der Waals surface area (Å²) in [5.74, 6) is 1.01. The van der Waals surface area contributed by atoms with E-state index in [0.29, 0.717) is 11.8 Å². The fourth-order valence-corrected chi connectivity index (χ4v) is 2.66. The lowest BCUT2D eigenvalue weighted by atomic mass is 10.1. The Hall–Kier alpha value is -1.20.